The topological polar surface area (TPSA) is 86.7 Å². The number of Topliss-reactive ketones (excluding diaryl/α,β-unsaturated/α-hetero) is 2. The van der Waals surface area contributed by atoms with Gasteiger partial charge in [0.15, 0.2) is 29.6 Å². The molecule has 0 bridgehead atoms. The summed E-state index contributed by atoms with van der Waals surface area (Å²) in [7, 11) is -3.14. The minimum Gasteiger partial charge on any atom is -0.336 e. The van der Waals surface area contributed by atoms with Crippen LogP contribution < -0.4 is 0 Å². The number of ketones is 2. The van der Waals surface area contributed by atoms with E-state index in [1.807, 2.05) is 38.1 Å². The summed E-state index contributed by atoms with van der Waals surface area (Å²) in [5, 5.41) is 0. The largest absolute Gasteiger partial charge is 0.336 e. The fourth-order valence-electron chi connectivity index (χ4n) is 3.20. The molecule has 0 aromatic heterocycles. The molecular formula is C23H26O6S2. The second kappa shape index (κ2) is 9.65. The van der Waals surface area contributed by atoms with Crippen molar-refractivity contribution in [1.82, 2.24) is 0 Å². The van der Waals surface area contributed by atoms with Crippen LogP contribution in [0.2, 0.25) is 0 Å². The van der Waals surface area contributed by atoms with Crippen molar-refractivity contribution in [2.45, 2.75) is 55.5 Å². The van der Waals surface area contributed by atoms with E-state index in [9.17, 15) is 18.0 Å². The van der Waals surface area contributed by atoms with E-state index in [1.54, 1.807) is 38.1 Å². The van der Waals surface area contributed by atoms with E-state index in [4.69, 9.17) is 9.47 Å². The highest BCUT2D eigenvalue weighted by atomic mass is 32.2. The minimum atomic E-state index is -1.57. The lowest BCUT2D eigenvalue weighted by molar-refractivity contribution is -0.157. The van der Waals surface area contributed by atoms with Crippen molar-refractivity contribution in [2.75, 3.05) is 11.5 Å². The van der Waals surface area contributed by atoms with Gasteiger partial charge in [-0.1, -0.05) is 35.4 Å². The van der Waals surface area contributed by atoms with E-state index in [1.165, 1.54) is 0 Å². The van der Waals surface area contributed by atoms with Crippen LogP contribution >= 0.6 is 0 Å². The van der Waals surface area contributed by atoms with Crippen LogP contribution in [0.5, 0.6) is 0 Å². The van der Waals surface area contributed by atoms with Gasteiger partial charge in [-0.2, -0.15) is 0 Å². The molecule has 31 heavy (non-hydrogen) atoms. The summed E-state index contributed by atoms with van der Waals surface area (Å²) in [6.07, 6.45) is -2.38. The van der Waals surface area contributed by atoms with E-state index in [0.29, 0.717) is 9.79 Å². The van der Waals surface area contributed by atoms with Crippen LogP contribution in [0.1, 0.15) is 25.0 Å². The van der Waals surface area contributed by atoms with Crippen LogP contribution in [0, 0.1) is 13.8 Å². The molecule has 1 heterocycles. The molecule has 1 aliphatic rings. The molecule has 2 aromatic rings. The lowest BCUT2D eigenvalue weighted by Gasteiger charge is -2.16. The van der Waals surface area contributed by atoms with Gasteiger partial charge in [0.05, 0.1) is 33.1 Å². The molecule has 3 rings (SSSR count). The molecule has 4 atom stereocenters. The van der Waals surface area contributed by atoms with E-state index in [2.05, 4.69) is 0 Å². The number of carbonyl (C=O) groups excluding carboxylic acids is 2. The van der Waals surface area contributed by atoms with Crippen LogP contribution in [-0.2, 0) is 40.7 Å². The number of hydrogen-bond acceptors (Lipinski definition) is 6. The Hall–Kier alpha value is -2.00. The fourth-order valence-corrected chi connectivity index (χ4v) is 5.26. The Labute approximate surface area is 187 Å². The van der Waals surface area contributed by atoms with Crippen LogP contribution in [-0.4, -0.2) is 49.5 Å². The summed E-state index contributed by atoms with van der Waals surface area (Å²) in [4.78, 5) is 26.8. The van der Waals surface area contributed by atoms with Crippen LogP contribution in [0.4, 0.5) is 0 Å². The maximum atomic E-state index is 12.9. The molecule has 1 aliphatic heterocycles. The maximum absolute atomic E-state index is 12.9. The first-order valence-corrected chi connectivity index (χ1v) is 12.5. The zero-order valence-electron chi connectivity index (χ0n) is 18.0. The van der Waals surface area contributed by atoms with Gasteiger partial charge in [-0.05, 0) is 52.0 Å². The summed E-state index contributed by atoms with van der Waals surface area (Å²) in [6, 6.07) is 14.1. The van der Waals surface area contributed by atoms with Crippen molar-refractivity contribution >= 4 is 33.2 Å². The molecule has 0 radical (unpaired) electrons. The summed E-state index contributed by atoms with van der Waals surface area (Å²) in [6.45, 7) is 7.05. The lowest BCUT2D eigenvalue weighted by Crippen LogP contribution is -2.41. The molecule has 0 aliphatic carbocycles. The van der Waals surface area contributed by atoms with Crippen molar-refractivity contribution in [2.24, 2.45) is 0 Å². The Morgan fingerprint density at radius 1 is 0.742 bits per heavy atom. The third-order valence-electron chi connectivity index (χ3n) is 4.85. The zero-order chi connectivity index (χ0) is 22.8. The second-order valence-electron chi connectivity index (χ2n) is 8.02. The van der Waals surface area contributed by atoms with Crippen molar-refractivity contribution in [3.05, 3.63) is 59.7 Å². The smallest absolute Gasteiger partial charge is 0.177 e. The van der Waals surface area contributed by atoms with E-state index in [-0.39, 0.29) is 11.5 Å². The summed E-state index contributed by atoms with van der Waals surface area (Å²) >= 11 is 0. The molecule has 166 valence electrons. The lowest BCUT2D eigenvalue weighted by atomic mass is 10.1. The third kappa shape index (κ3) is 6.04. The Balaban J connectivity index is 1.70. The van der Waals surface area contributed by atoms with Gasteiger partial charge in [-0.15, -0.1) is 0 Å². The molecule has 0 unspecified atom stereocenters. The number of benzene rings is 2. The zero-order valence-corrected chi connectivity index (χ0v) is 19.6. The molecule has 0 saturated carbocycles. The minimum absolute atomic E-state index is 0.294. The summed E-state index contributed by atoms with van der Waals surface area (Å²) in [5.74, 6) is -2.71. The molecule has 8 heteroatoms. The normalized spacial score (nSPS) is 22.1. The number of ether oxygens (including phenoxy) is 2. The van der Waals surface area contributed by atoms with Crippen LogP contribution in [0.3, 0.4) is 0 Å². The predicted molar refractivity (Wildman–Crippen MR) is 119 cm³/mol. The van der Waals surface area contributed by atoms with Crippen LogP contribution in [0.25, 0.3) is 0 Å². The maximum Gasteiger partial charge on any atom is 0.177 e. The molecule has 0 spiro atoms. The predicted octanol–water partition coefficient (Wildman–Crippen LogP) is 2.88. The Morgan fingerprint density at radius 2 is 1.06 bits per heavy atom. The number of carbonyl (C=O) groups is 2. The molecule has 1 saturated heterocycles. The van der Waals surface area contributed by atoms with Crippen molar-refractivity contribution in [1.29, 1.82) is 0 Å². The second-order valence-corrected chi connectivity index (χ2v) is 10.9. The SMILES string of the molecule is Cc1ccc([S@](=O)CC(=O)[C@@H]2OC(C)(C)O[C@H]2C(=O)C[S@@](=O)c2ccc(C)cc2)cc1. The number of rotatable bonds is 8. The average molecular weight is 463 g/mol. The number of aryl methyl sites for hydroxylation is 2. The van der Waals surface area contributed by atoms with Crippen LogP contribution in [0.15, 0.2) is 58.3 Å². The average Bonchev–Trinajstić information content (AvgIpc) is 3.04. The van der Waals surface area contributed by atoms with Gasteiger partial charge in [0, 0.05) is 9.79 Å². The third-order valence-corrected chi connectivity index (χ3v) is 7.53. The Morgan fingerprint density at radius 3 is 1.39 bits per heavy atom. The standard InChI is InChI=1S/C23H26O6S2/c1-15-5-9-17(10-6-15)30(26)13-19(24)21-22(29-23(3,4)28-21)20(25)14-31(27)18-11-7-16(2)8-12-18/h5-12,21-22H,13-14H2,1-4H3/t21-,22-,30+,31+/m0/s1. The molecular weight excluding hydrogens is 436 g/mol. The molecule has 0 amide bonds. The van der Waals surface area contributed by atoms with Gasteiger partial charge < -0.3 is 9.47 Å². The van der Waals surface area contributed by atoms with Gasteiger partial charge >= 0.3 is 0 Å². The Kier molecular flexibility index (Phi) is 7.36. The highest BCUT2D eigenvalue weighted by Crippen LogP contribution is 2.30. The molecule has 0 N–H and O–H groups in total. The quantitative estimate of drug-likeness (QED) is 0.600. The van der Waals surface area contributed by atoms with Gasteiger partial charge in [0.2, 0.25) is 0 Å². The van der Waals surface area contributed by atoms with Gasteiger partial charge in [-0.3, -0.25) is 18.0 Å². The fraction of sp³-hybridized carbons (Fsp3) is 0.391. The van der Waals surface area contributed by atoms with Gasteiger partial charge in [0.25, 0.3) is 0 Å². The van der Waals surface area contributed by atoms with E-state index < -0.39 is 51.2 Å². The van der Waals surface area contributed by atoms with E-state index >= 15 is 0 Å². The van der Waals surface area contributed by atoms with Crippen molar-refractivity contribution in [3.63, 3.8) is 0 Å². The summed E-state index contributed by atoms with van der Waals surface area (Å²) in [5.41, 5.74) is 2.04. The van der Waals surface area contributed by atoms with Crippen molar-refractivity contribution in [3.8, 4) is 0 Å². The molecule has 6 nitrogen and oxygen atoms in total. The highest BCUT2D eigenvalue weighted by Gasteiger charge is 2.48. The first-order valence-electron chi connectivity index (χ1n) is 9.87. The monoisotopic (exact) mass is 462 g/mol. The van der Waals surface area contributed by atoms with Gasteiger partial charge in [-0.25, -0.2) is 0 Å². The molecule has 1 fully saturated rings. The molecule has 2 aromatic carbocycles. The first kappa shape index (κ1) is 23.7. The summed E-state index contributed by atoms with van der Waals surface area (Å²) < 4.78 is 36.6. The van der Waals surface area contributed by atoms with Crippen molar-refractivity contribution < 1.29 is 27.5 Å². The van der Waals surface area contributed by atoms with Gasteiger partial charge in [0.1, 0.15) is 0 Å². The first-order chi connectivity index (χ1) is 14.6. The highest BCUT2D eigenvalue weighted by molar-refractivity contribution is 7.86. The Bertz CT molecular complexity index is 930. The number of hydrogen-bond donors (Lipinski definition) is 0. The van der Waals surface area contributed by atoms with E-state index in [0.717, 1.165) is 11.1 Å².